The Balaban J connectivity index is 1.67. The number of anilines is 1. The predicted octanol–water partition coefficient (Wildman–Crippen LogP) is 3.41. The van der Waals surface area contributed by atoms with Crippen molar-refractivity contribution in [1.29, 1.82) is 0 Å². The zero-order valence-corrected chi connectivity index (χ0v) is 16.6. The topological polar surface area (TPSA) is 90.0 Å². The second kappa shape index (κ2) is 8.21. The smallest absolute Gasteiger partial charge is 0.261 e. The molecule has 0 bridgehead atoms. The molecule has 0 spiro atoms. The first-order chi connectivity index (χ1) is 13.4. The third kappa shape index (κ3) is 4.19. The van der Waals surface area contributed by atoms with Crippen LogP contribution in [0.4, 0.5) is 5.69 Å². The lowest BCUT2D eigenvalue weighted by molar-refractivity contribution is -0.116. The molecular weight excluding hydrogens is 356 g/mol. The molecule has 2 heterocycles. The molecule has 0 aliphatic rings. The average Bonchev–Trinajstić information content (AvgIpc) is 3.11. The van der Waals surface area contributed by atoms with E-state index < -0.39 is 0 Å². The molecule has 0 aliphatic heterocycles. The summed E-state index contributed by atoms with van der Waals surface area (Å²) in [5, 5.41) is 6.80. The number of rotatable bonds is 6. The Hall–Kier alpha value is -3.22. The summed E-state index contributed by atoms with van der Waals surface area (Å²) < 4.78 is 6.88. The second-order valence-corrected chi connectivity index (χ2v) is 6.82. The molecule has 3 aromatic rings. The minimum absolute atomic E-state index is 0.129. The average molecular weight is 380 g/mol. The Labute approximate surface area is 163 Å². The van der Waals surface area contributed by atoms with Crippen LogP contribution in [0.25, 0.3) is 11.4 Å². The first-order valence-corrected chi connectivity index (χ1v) is 9.29. The van der Waals surface area contributed by atoms with Crippen LogP contribution in [0.3, 0.4) is 0 Å². The molecule has 0 saturated carbocycles. The van der Waals surface area contributed by atoms with Gasteiger partial charge < -0.3 is 14.4 Å². The number of hydrogen-bond donors (Lipinski definition) is 1. The molecule has 0 fully saturated rings. The summed E-state index contributed by atoms with van der Waals surface area (Å²) in [5.41, 5.74) is 4.07. The second-order valence-electron chi connectivity index (χ2n) is 6.82. The molecule has 1 N–H and O–H groups in total. The van der Waals surface area contributed by atoms with Crippen molar-refractivity contribution in [3.63, 3.8) is 0 Å². The van der Waals surface area contributed by atoms with Gasteiger partial charge in [0, 0.05) is 30.8 Å². The van der Waals surface area contributed by atoms with Crippen LogP contribution in [-0.2, 0) is 17.8 Å². The predicted molar refractivity (Wildman–Crippen MR) is 107 cm³/mol. The van der Waals surface area contributed by atoms with E-state index >= 15 is 0 Å². The highest BCUT2D eigenvalue weighted by atomic mass is 16.5. The van der Waals surface area contributed by atoms with Crippen molar-refractivity contribution in [1.82, 2.24) is 14.7 Å². The lowest BCUT2D eigenvalue weighted by Crippen LogP contribution is -2.23. The number of pyridine rings is 1. The Morgan fingerprint density at radius 2 is 1.96 bits per heavy atom. The fraction of sp³-hybridized carbons (Fsp3) is 0.333. The standard InChI is InChI=1S/C21H24N4O3/c1-5-25-15(4)7-8-16(21(25)27)20-23-19(28-24-20)11-10-18(26)22-17-9-6-13(2)12-14(17)3/h6-9,12H,5,10-11H2,1-4H3,(H,22,26). The van der Waals surface area contributed by atoms with Gasteiger partial charge in [0.25, 0.3) is 5.56 Å². The summed E-state index contributed by atoms with van der Waals surface area (Å²) in [4.78, 5) is 29.0. The normalized spacial score (nSPS) is 10.9. The largest absolute Gasteiger partial charge is 0.339 e. The Morgan fingerprint density at radius 1 is 1.18 bits per heavy atom. The number of carbonyl (C=O) groups is 1. The van der Waals surface area contributed by atoms with Gasteiger partial charge in [-0.25, -0.2) is 0 Å². The van der Waals surface area contributed by atoms with E-state index in [4.69, 9.17) is 4.52 Å². The van der Waals surface area contributed by atoms with Gasteiger partial charge in [0.2, 0.25) is 17.6 Å². The third-order valence-corrected chi connectivity index (χ3v) is 4.64. The van der Waals surface area contributed by atoms with Crippen molar-refractivity contribution in [2.24, 2.45) is 0 Å². The molecule has 0 atom stereocenters. The maximum absolute atomic E-state index is 12.5. The number of nitrogens with zero attached hydrogens (tertiary/aromatic N) is 3. The van der Waals surface area contributed by atoms with Gasteiger partial charge in [0.15, 0.2) is 0 Å². The van der Waals surface area contributed by atoms with Crippen molar-refractivity contribution in [3.05, 3.63) is 63.4 Å². The quantitative estimate of drug-likeness (QED) is 0.708. The van der Waals surface area contributed by atoms with Crippen LogP contribution in [0.15, 0.2) is 39.6 Å². The molecule has 2 aromatic heterocycles. The molecule has 146 valence electrons. The molecule has 7 heteroatoms. The highest BCUT2D eigenvalue weighted by Crippen LogP contribution is 2.17. The lowest BCUT2D eigenvalue weighted by Gasteiger charge is -2.08. The number of amides is 1. The van der Waals surface area contributed by atoms with Crippen LogP contribution in [0, 0.1) is 20.8 Å². The van der Waals surface area contributed by atoms with Crippen molar-refractivity contribution in [2.45, 2.75) is 47.1 Å². The van der Waals surface area contributed by atoms with E-state index in [9.17, 15) is 9.59 Å². The fourth-order valence-corrected chi connectivity index (χ4v) is 3.09. The van der Waals surface area contributed by atoms with Crippen LogP contribution in [-0.4, -0.2) is 20.6 Å². The summed E-state index contributed by atoms with van der Waals surface area (Å²) in [6, 6.07) is 9.42. The molecule has 7 nitrogen and oxygen atoms in total. The van der Waals surface area contributed by atoms with E-state index in [1.807, 2.05) is 52.0 Å². The molecule has 0 aliphatic carbocycles. The highest BCUT2D eigenvalue weighted by molar-refractivity contribution is 5.91. The van der Waals surface area contributed by atoms with Crippen molar-refractivity contribution in [3.8, 4) is 11.4 Å². The molecule has 1 amide bonds. The summed E-state index contributed by atoms with van der Waals surface area (Å²) in [6.07, 6.45) is 0.514. The molecule has 28 heavy (non-hydrogen) atoms. The van der Waals surface area contributed by atoms with Gasteiger partial charge >= 0.3 is 0 Å². The Kier molecular flexibility index (Phi) is 5.73. The summed E-state index contributed by atoms with van der Waals surface area (Å²) in [6.45, 7) is 8.33. The number of aromatic nitrogens is 3. The Morgan fingerprint density at radius 3 is 2.68 bits per heavy atom. The van der Waals surface area contributed by atoms with Crippen molar-refractivity contribution in [2.75, 3.05) is 5.32 Å². The van der Waals surface area contributed by atoms with Gasteiger partial charge in [0.05, 0.1) is 5.56 Å². The monoisotopic (exact) mass is 380 g/mol. The third-order valence-electron chi connectivity index (χ3n) is 4.64. The van der Waals surface area contributed by atoms with Crippen LogP contribution in [0.1, 0.15) is 36.1 Å². The lowest BCUT2D eigenvalue weighted by atomic mass is 10.1. The number of benzene rings is 1. The summed E-state index contributed by atoms with van der Waals surface area (Å²) in [7, 11) is 0. The maximum Gasteiger partial charge on any atom is 0.261 e. The minimum atomic E-state index is -0.151. The number of nitrogens with one attached hydrogen (secondary N) is 1. The molecule has 1 aromatic carbocycles. The SMILES string of the molecule is CCn1c(C)ccc(-c2noc(CCC(=O)Nc3ccc(C)cc3C)n2)c1=O. The van der Waals surface area contributed by atoms with Crippen LogP contribution in [0.2, 0.25) is 0 Å². The van der Waals surface area contributed by atoms with Gasteiger partial charge in [-0.15, -0.1) is 0 Å². The minimum Gasteiger partial charge on any atom is -0.339 e. The Bertz CT molecular complexity index is 1070. The number of aryl methyl sites for hydroxylation is 4. The van der Waals surface area contributed by atoms with Gasteiger partial charge in [-0.3, -0.25) is 9.59 Å². The van der Waals surface area contributed by atoms with Crippen molar-refractivity contribution < 1.29 is 9.32 Å². The van der Waals surface area contributed by atoms with Crippen LogP contribution >= 0.6 is 0 Å². The van der Waals surface area contributed by atoms with Crippen LogP contribution in [0.5, 0.6) is 0 Å². The van der Waals surface area contributed by atoms with E-state index in [1.165, 1.54) is 0 Å². The van der Waals surface area contributed by atoms with Crippen LogP contribution < -0.4 is 10.9 Å². The molecule has 0 saturated heterocycles. The van der Waals surface area contributed by atoms with E-state index in [2.05, 4.69) is 15.5 Å². The van der Waals surface area contributed by atoms with Gasteiger partial charge in [0.1, 0.15) is 0 Å². The zero-order valence-electron chi connectivity index (χ0n) is 16.6. The van der Waals surface area contributed by atoms with E-state index in [0.29, 0.717) is 24.4 Å². The van der Waals surface area contributed by atoms with Crippen molar-refractivity contribution >= 4 is 11.6 Å². The molecule has 0 radical (unpaired) electrons. The first kappa shape index (κ1) is 19.5. The van der Waals surface area contributed by atoms with E-state index in [1.54, 1.807) is 10.6 Å². The number of carbonyl (C=O) groups excluding carboxylic acids is 1. The molecule has 0 unspecified atom stereocenters. The highest BCUT2D eigenvalue weighted by Gasteiger charge is 2.15. The van der Waals surface area contributed by atoms with Gasteiger partial charge in [-0.05, 0) is 51.5 Å². The summed E-state index contributed by atoms with van der Waals surface area (Å²) >= 11 is 0. The van der Waals surface area contributed by atoms with E-state index in [0.717, 1.165) is 22.5 Å². The summed E-state index contributed by atoms with van der Waals surface area (Å²) in [5.74, 6) is 0.446. The fourth-order valence-electron chi connectivity index (χ4n) is 3.09. The number of hydrogen-bond acceptors (Lipinski definition) is 5. The molecular formula is C21H24N4O3. The van der Waals surface area contributed by atoms with Gasteiger partial charge in [-0.1, -0.05) is 22.9 Å². The zero-order chi connectivity index (χ0) is 20.3. The first-order valence-electron chi connectivity index (χ1n) is 9.29. The van der Waals surface area contributed by atoms with Gasteiger partial charge in [-0.2, -0.15) is 4.98 Å². The van der Waals surface area contributed by atoms with E-state index in [-0.39, 0.29) is 23.7 Å². The maximum atomic E-state index is 12.5. The molecule has 3 rings (SSSR count).